The molecule has 0 saturated carbocycles. The van der Waals surface area contributed by atoms with Crippen molar-refractivity contribution in [2.24, 2.45) is 0 Å². The van der Waals surface area contributed by atoms with Crippen LogP contribution < -0.4 is 0 Å². The van der Waals surface area contributed by atoms with Crippen molar-refractivity contribution >= 4 is 11.9 Å². The summed E-state index contributed by atoms with van der Waals surface area (Å²) in [5, 5.41) is 17.3. The molecule has 1 saturated heterocycles. The van der Waals surface area contributed by atoms with Crippen molar-refractivity contribution in [3.8, 4) is 0 Å². The number of hydrogen-bond donors (Lipinski definition) is 2. The van der Waals surface area contributed by atoms with Crippen molar-refractivity contribution in [1.82, 2.24) is 9.80 Å². The Morgan fingerprint density at radius 1 is 0.944 bits per heavy atom. The molecule has 1 aliphatic rings. The molecule has 0 aliphatic carbocycles. The number of likely N-dealkylation sites (tertiary alicyclic amines) is 1. The number of aliphatic carboxylic acids is 2. The summed E-state index contributed by atoms with van der Waals surface area (Å²) in [5.74, 6) is -1.67. The maximum atomic E-state index is 10.5. The lowest BCUT2D eigenvalue weighted by atomic mass is 10.3. The Bertz CT molecular complexity index is 259. The summed E-state index contributed by atoms with van der Waals surface area (Å²) in [7, 11) is 0. The van der Waals surface area contributed by atoms with Gasteiger partial charge in [-0.25, -0.2) is 0 Å². The van der Waals surface area contributed by atoms with Crippen LogP contribution >= 0.6 is 0 Å². The molecule has 1 rings (SSSR count). The van der Waals surface area contributed by atoms with Crippen molar-refractivity contribution in [1.29, 1.82) is 0 Å². The molecule has 6 nitrogen and oxygen atoms in total. The van der Waals surface area contributed by atoms with Crippen LogP contribution in [0.3, 0.4) is 0 Å². The van der Waals surface area contributed by atoms with Gasteiger partial charge in [0.25, 0.3) is 0 Å². The second-order valence-corrected chi connectivity index (χ2v) is 4.68. The van der Waals surface area contributed by atoms with Gasteiger partial charge in [-0.3, -0.25) is 9.59 Å². The Hall–Kier alpha value is -1.14. The summed E-state index contributed by atoms with van der Waals surface area (Å²) in [5.41, 5.74) is 0. The van der Waals surface area contributed by atoms with Gasteiger partial charge >= 0.3 is 11.9 Å². The van der Waals surface area contributed by atoms with E-state index in [2.05, 4.69) is 4.90 Å². The molecule has 0 aromatic rings. The van der Waals surface area contributed by atoms with E-state index in [1.807, 2.05) is 4.90 Å². The van der Waals surface area contributed by atoms with Crippen LogP contribution in [0.5, 0.6) is 0 Å². The van der Waals surface area contributed by atoms with E-state index in [9.17, 15) is 9.59 Å². The van der Waals surface area contributed by atoms with Crippen LogP contribution in [0, 0.1) is 0 Å². The second kappa shape index (κ2) is 8.05. The van der Waals surface area contributed by atoms with Gasteiger partial charge in [0.05, 0.1) is 12.8 Å². The van der Waals surface area contributed by atoms with Crippen LogP contribution in [0.25, 0.3) is 0 Å². The number of carboxylic acids is 2. The first kappa shape index (κ1) is 14.9. The summed E-state index contributed by atoms with van der Waals surface area (Å²) in [4.78, 5) is 25.4. The number of rotatable bonds is 9. The Balaban J connectivity index is 2.27. The van der Waals surface area contributed by atoms with Gasteiger partial charge < -0.3 is 20.0 Å². The third-order valence-corrected chi connectivity index (χ3v) is 3.21. The zero-order valence-corrected chi connectivity index (χ0v) is 10.7. The number of carbonyl (C=O) groups is 2. The van der Waals surface area contributed by atoms with Gasteiger partial charge in [0, 0.05) is 26.2 Å². The third kappa shape index (κ3) is 6.56. The SMILES string of the molecule is O=C(O)CCN(CCC(=O)O)CCN1CCCC1. The zero-order chi connectivity index (χ0) is 13.4. The Labute approximate surface area is 107 Å². The van der Waals surface area contributed by atoms with E-state index >= 15 is 0 Å². The normalized spacial score (nSPS) is 16.3. The minimum atomic E-state index is -0.837. The zero-order valence-electron chi connectivity index (χ0n) is 10.7. The van der Waals surface area contributed by atoms with Crippen LogP contribution in [0.4, 0.5) is 0 Å². The summed E-state index contributed by atoms with van der Waals surface area (Å²) in [6.07, 6.45) is 2.59. The predicted molar refractivity (Wildman–Crippen MR) is 66.6 cm³/mol. The monoisotopic (exact) mass is 258 g/mol. The molecule has 0 unspecified atom stereocenters. The molecule has 1 heterocycles. The molecule has 0 spiro atoms. The summed E-state index contributed by atoms with van der Waals surface area (Å²) >= 11 is 0. The molecule has 6 heteroatoms. The lowest BCUT2D eigenvalue weighted by molar-refractivity contribution is -0.137. The van der Waals surface area contributed by atoms with Crippen molar-refractivity contribution in [3.05, 3.63) is 0 Å². The fourth-order valence-corrected chi connectivity index (χ4v) is 2.13. The first-order valence-corrected chi connectivity index (χ1v) is 6.46. The smallest absolute Gasteiger partial charge is 0.304 e. The van der Waals surface area contributed by atoms with Crippen LogP contribution in [-0.4, -0.2) is 71.2 Å². The number of nitrogens with zero attached hydrogens (tertiary/aromatic N) is 2. The molecular formula is C12H22N2O4. The van der Waals surface area contributed by atoms with Crippen LogP contribution in [-0.2, 0) is 9.59 Å². The van der Waals surface area contributed by atoms with Crippen LogP contribution in [0.15, 0.2) is 0 Å². The molecule has 0 atom stereocenters. The maximum Gasteiger partial charge on any atom is 0.304 e. The predicted octanol–water partition coefficient (Wildman–Crippen LogP) is 0.334. The molecule has 18 heavy (non-hydrogen) atoms. The van der Waals surface area contributed by atoms with Gasteiger partial charge in [-0.15, -0.1) is 0 Å². The highest BCUT2D eigenvalue weighted by molar-refractivity contribution is 5.67. The van der Waals surface area contributed by atoms with Crippen LogP contribution in [0.1, 0.15) is 25.7 Å². The Morgan fingerprint density at radius 3 is 1.89 bits per heavy atom. The molecule has 0 aromatic carbocycles. The van der Waals surface area contributed by atoms with Gasteiger partial charge in [-0.2, -0.15) is 0 Å². The highest BCUT2D eigenvalue weighted by atomic mass is 16.4. The first-order valence-electron chi connectivity index (χ1n) is 6.46. The molecular weight excluding hydrogens is 236 g/mol. The third-order valence-electron chi connectivity index (χ3n) is 3.21. The molecule has 2 N–H and O–H groups in total. The minimum Gasteiger partial charge on any atom is -0.481 e. The number of carboxylic acid groups (broad SMARTS) is 2. The molecule has 104 valence electrons. The molecule has 0 amide bonds. The van der Waals surface area contributed by atoms with Gasteiger partial charge in [-0.1, -0.05) is 0 Å². The summed E-state index contributed by atoms with van der Waals surface area (Å²) in [6, 6.07) is 0. The van der Waals surface area contributed by atoms with E-state index in [1.54, 1.807) is 0 Å². The Morgan fingerprint density at radius 2 is 1.44 bits per heavy atom. The molecule has 0 radical (unpaired) electrons. The van der Waals surface area contributed by atoms with Gasteiger partial charge in [0.15, 0.2) is 0 Å². The van der Waals surface area contributed by atoms with Crippen molar-refractivity contribution in [2.75, 3.05) is 39.3 Å². The van der Waals surface area contributed by atoms with E-state index in [0.717, 1.165) is 26.2 Å². The standard InChI is InChI=1S/C12H22N2O4/c15-11(16)3-7-14(8-4-12(17)18)10-9-13-5-1-2-6-13/h1-10H2,(H,15,16)(H,17,18). The highest BCUT2D eigenvalue weighted by Crippen LogP contribution is 2.07. The lowest BCUT2D eigenvalue weighted by Gasteiger charge is -2.24. The topological polar surface area (TPSA) is 81.1 Å². The van der Waals surface area contributed by atoms with E-state index in [-0.39, 0.29) is 12.8 Å². The van der Waals surface area contributed by atoms with Gasteiger partial charge in [0.1, 0.15) is 0 Å². The fraction of sp³-hybridized carbons (Fsp3) is 0.833. The Kier molecular flexibility index (Phi) is 6.67. The largest absolute Gasteiger partial charge is 0.481 e. The van der Waals surface area contributed by atoms with Gasteiger partial charge in [0.2, 0.25) is 0 Å². The van der Waals surface area contributed by atoms with Crippen molar-refractivity contribution in [2.45, 2.75) is 25.7 Å². The minimum absolute atomic E-state index is 0.0691. The van der Waals surface area contributed by atoms with Crippen molar-refractivity contribution in [3.63, 3.8) is 0 Å². The maximum absolute atomic E-state index is 10.5. The van der Waals surface area contributed by atoms with Crippen LogP contribution in [0.2, 0.25) is 0 Å². The summed E-state index contributed by atoms with van der Waals surface area (Å²) in [6.45, 7) is 4.71. The molecule has 0 bridgehead atoms. The van der Waals surface area contributed by atoms with E-state index < -0.39 is 11.9 Å². The quantitative estimate of drug-likeness (QED) is 0.620. The van der Waals surface area contributed by atoms with E-state index in [1.165, 1.54) is 12.8 Å². The first-order chi connectivity index (χ1) is 8.58. The second-order valence-electron chi connectivity index (χ2n) is 4.68. The number of hydrogen-bond acceptors (Lipinski definition) is 4. The van der Waals surface area contributed by atoms with Gasteiger partial charge in [-0.05, 0) is 25.9 Å². The average molecular weight is 258 g/mol. The van der Waals surface area contributed by atoms with Crippen molar-refractivity contribution < 1.29 is 19.8 Å². The molecule has 0 aromatic heterocycles. The van der Waals surface area contributed by atoms with E-state index in [4.69, 9.17) is 10.2 Å². The molecule has 1 fully saturated rings. The molecule has 1 aliphatic heterocycles. The summed E-state index contributed by atoms with van der Waals surface area (Å²) < 4.78 is 0. The average Bonchev–Trinajstić information content (AvgIpc) is 2.80. The van der Waals surface area contributed by atoms with E-state index in [0.29, 0.717) is 13.1 Å². The fourth-order valence-electron chi connectivity index (χ4n) is 2.13. The highest BCUT2D eigenvalue weighted by Gasteiger charge is 2.14. The lowest BCUT2D eigenvalue weighted by Crippen LogP contribution is -2.36.